The second-order valence-corrected chi connectivity index (χ2v) is 4.94. The Morgan fingerprint density at radius 1 is 1.04 bits per heavy atom. The highest BCUT2D eigenvalue weighted by Gasteiger charge is 2.17. The molecule has 0 heterocycles. The molecule has 6 nitrogen and oxygen atoms in total. The molecule has 0 aromatic heterocycles. The van der Waals surface area contributed by atoms with Crippen molar-refractivity contribution in [1.29, 1.82) is 0 Å². The second-order valence-electron chi connectivity index (χ2n) is 4.94. The number of nitrogens with zero attached hydrogens (tertiary/aromatic N) is 1. The van der Waals surface area contributed by atoms with Crippen LogP contribution in [0.4, 0.5) is 11.4 Å². The minimum atomic E-state index is -0.617. The van der Waals surface area contributed by atoms with Gasteiger partial charge in [-0.1, -0.05) is 36.4 Å². The molecule has 0 saturated carbocycles. The molecule has 0 aliphatic rings. The first-order valence-corrected chi connectivity index (χ1v) is 6.83. The number of carbonyl (C=O) groups excluding carboxylic acids is 1. The normalized spacial score (nSPS) is 10.4. The largest absolute Gasteiger partial charge is 0.507 e. The average Bonchev–Trinajstić information content (AvgIpc) is 2.55. The van der Waals surface area contributed by atoms with E-state index in [0.29, 0.717) is 5.69 Å². The number of phenols is 1. The summed E-state index contributed by atoms with van der Waals surface area (Å²) in [7, 11) is 0. The summed E-state index contributed by atoms with van der Waals surface area (Å²) >= 11 is 0. The zero-order valence-electron chi connectivity index (χ0n) is 11.9. The fourth-order valence-corrected chi connectivity index (χ4v) is 2.34. The van der Waals surface area contributed by atoms with Gasteiger partial charge in [0, 0.05) is 23.2 Å². The predicted molar refractivity (Wildman–Crippen MR) is 86.7 cm³/mol. The lowest BCUT2D eigenvalue weighted by Crippen LogP contribution is -2.12. The van der Waals surface area contributed by atoms with E-state index in [1.165, 1.54) is 0 Å². The van der Waals surface area contributed by atoms with Gasteiger partial charge in [0.2, 0.25) is 0 Å². The van der Waals surface area contributed by atoms with Gasteiger partial charge < -0.3 is 10.4 Å². The van der Waals surface area contributed by atoms with Crippen LogP contribution in [0.25, 0.3) is 10.8 Å². The van der Waals surface area contributed by atoms with E-state index in [0.717, 1.165) is 29.0 Å². The molecular formula is C17H12N2O4. The highest BCUT2D eigenvalue weighted by atomic mass is 16.6. The monoisotopic (exact) mass is 308 g/mol. The molecule has 0 saturated heterocycles. The Morgan fingerprint density at radius 2 is 1.78 bits per heavy atom. The van der Waals surface area contributed by atoms with Crippen LogP contribution in [0.15, 0.2) is 60.7 Å². The predicted octanol–water partition coefficient (Wildman–Crippen LogP) is 3.71. The molecule has 0 aliphatic heterocycles. The zero-order chi connectivity index (χ0) is 16.4. The van der Waals surface area contributed by atoms with Crippen LogP contribution in [0.5, 0.6) is 5.75 Å². The third-order valence-electron chi connectivity index (χ3n) is 3.47. The third-order valence-corrected chi connectivity index (χ3v) is 3.47. The molecule has 114 valence electrons. The second kappa shape index (κ2) is 5.76. The van der Waals surface area contributed by atoms with Gasteiger partial charge in [-0.25, -0.2) is 0 Å². The topological polar surface area (TPSA) is 92.5 Å². The number of carbonyl (C=O) groups is 1. The van der Waals surface area contributed by atoms with E-state index in [9.17, 15) is 20.0 Å². The smallest absolute Gasteiger partial charge is 0.270 e. The number of amides is 1. The minimum Gasteiger partial charge on any atom is -0.507 e. The van der Waals surface area contributed by atoms with E-state index in [1.807, 2.05) is 30.3 Å². The summed E-state index contributed by atoms with van der Waals surface area (Å²) in [6, 6.07) is 16.3. The molecule has 1 amide bonds. The lowest BCUT2D eigenvalue weighted by atomic mass is 10.1. The fraction of sp³-hybridized carbons (Fsp3) is 0. The van der Waals surface area contributed by atoms with Crippen LogP contribution in [0.2, 0.25) is 0 Å². The van der Waals surface area contributed by atoms with E-state index in [4.69, 9.17) is 0 Å². The summed E-state index contributed by atoms with van der Waals surface area (Å²) in [5.74, 6) is -0.920. The summed E-state index contributed by atoms with van der Waals surface area (Å²) in [6.07, 6.45) is 0. The highest BCUT2D eigenvalue weighted by Crippen LogP contribution is 2.27. The van der Waals surface area contributed by atoms with Crippen molar-refractivity contribution in [2.45, 2.75) is 0 Å². The van der Waals surface area contributed by atoms with Crippen LogP contribution < -0.4 is 5.32 Å². The first-order chi connectivity index (χ1) is 11.1. The summed E-state index contributed by atoms with van der Waals surface area (Å²) in [5.41, 5.74) is 0.164. The maximum absolute atomic E-state index is 12.4. The Morgan fingerprint density at radius 3 is 2.57 bits per heavy atom. The molecule has 23 heavy (non-hydrogen) atoms. The molecule has 0 spiro atoms. The standard InChI is InChI=1S/C17H12N2O4/c20-16-9-8-12(19(22)23)10-14(16)17(21)18-15-7-3-5-11-4-1-2-6-13(11)15/h1-10,20H,(H,18,21). The zero-order valence-corrected chi connectivity index (χ0v) is 11.9. The molecule has 0 unspecified atom stereocenters. The number of phenolic OH excluding ortho intramolecular Hbond substituents is 1. The lowest BCUT2D eigenvalue weighted by Gasteiger charge is -2.09. The lowest BCUT2D eigenvalue weighted by molar-refractivity contribution is -0.384. The van der Waals surface area contributed by atoms with E-state index >= 15 is 0 Å². The maximum atomic E-state index is 12.4. The van der Waals surface area contributed by atoms with Gasteiger partial charge in [0.1, 0.15) is 5.75 Å². The number of hydrogen-bond acceptors (Lipinski definition) is 4. The molecule has 3 aromatic carbocycles. The number of nitro groups is 1. The van der Waals surface area contributed by atoms with E-state index in [2.05, 4.69) is 5.32 Å². The molecule has 0 radical (unpaired) electrons. The molecule has 2 N–H and O–H groups in total. The molecule has 0 aliphatic carbocycles. The first-order valence-electron chi connectivity index (χ1n) is 6.83. The van der Waals surface area contributed by atoms with Crippen molar-refractivity contribution in [3.05, 3.63) is 76.3 Å². The molecule has 3 aromatic rings. The molecule has 0 fully saturated rings. The van der Waals surface area contributed by atoms with E-state index in [-0.39, 0.29) is 17.0 Å². The van der Waals surface area contributed by atoms with Gasteiger partial charge in [-0.05, 0) is 17.5 Å². The Bertz CT molecular complexity index is 916. The van der Waals surface area contributed by atoms with Crippen LogP contribution in [0, 0.1) is 10.1 Å². The van der Waals surface area contributed by atoms with Crippen molar-refractivity contribution < 1.29 is 14.8 Å². The highest BCUT2D eigenvalue weighted by molar-refractivity contribution is 6.10. The Balaban J connectivity index is 1.98. The van der Waals surface area contributed by atoms with E-state index in [1.54, 1.807) is 12.1 Å². The summed E-state index contributed by atoms with van der Waals surface area (Å²) in [6.45, 7) is 0. The number of benzene rings is 3. The van der Waals surface area contributed by atoms with Crippen molar-refractivity contribution in [3.63, 3.8) is 0 Å². The summed E-state index contributed by atoms with van der Waals surface area (Å²) in [4.78, 5) is 22.6. The van der Waals surface area contributed by atoms with Gasteiger partial charge in [-0.15, -0.1) is 0 Å². The van der Waals surface area contributed by atoms with Gasteiger partial charge in [0.25, 0.3) is 11.6 Å². The number of hydrogen-bond donors (Lipinski definition) is 2. The SMILES string of the molecule is O=C(Nc1cccc2ccccc12)c1cc([N+](=O)[O-])ccc1O. The van der Waals surface area contributed by atoms with Crippen LogP contribution >= 0.6 is 0 Å². The number of aromatic hydroxyl groups is 1. The molecule has 0 atom stereocenters. The van der Waals surface area contributed by atoms with E-state index < -0.39 is 10.8 Å². The van der Waals surface area contributed by atoms with Gasteiger partial charge in [-0.2, -0.15) is 0 Å². The maximum Gasteiger partial charge on any atom is 0.270 e. The van der Waals surface area contributed by atoms with Crippen molar-refractivity contribution in [1.82, 2.24) is 0 Å². The Kier molecular flexibility index (Phi) is 3.64. The number of anilines is 1. The van der Waals surface area contributed by atoms with Gasteiger partial charge >= 0.3 is 0 Å². The van der Waals surface area contributed by atoms with Crippen molar-refractivity contribution in [3.8, 4) is 5.75 Å². The quantitative estimate of drug-likeness (QED) is 0.570. The van der Waals surface area contributed by atoms with Crippen molar-refractivity contribution in [2.24, 2.45) is 0 Å². The number of rotatable bonds is 3. The molecule has 6 heteroatoms. The van der Waals surface area contributed by atoms with Gasteiger partial charge in [0.05, 0.1) is 10.5 Å². The van der Waals surface area contributed by atoms with Gasteiger partial charge in [0.15, 0.2) is 0 Å². The fourth-order valence-electron chi connectivity index (χ4n) is 2.34. The minimum absolute atomic E-state index is 0.146. The molecular weight excluding hydrogens is 296 g/mol. The number of nitrogens with one attached hydrogen (secondary N) is 1. The number of nitro benzene ring substituents is 1. The Labute approximate surface area is 131 Å². The van der Waals surface area contributed by atoms with Gasteiger partial charge in [-0.3, -0.25) is 14.9 Å². The van der Waals surface area contributed by atoms with Crippen LogP contribution in [-0.2, 0) is 0 Å². The van der Waals surface area contributed by atoms with Crippen molar-refractivity contribution in [2.75, 3.05) is 5.32 Å². The molecule has 0 bridgehead atoms. The Hall–Kier alpha value is -3.41. The number of non-ortho nitro benzene ring substituents is 1. The average molecular weight is 308 g/mol. The van der Waals surface area contributed by atoms with Crippen LogP contribution in [-0.4, -0.2) is 15.9 Å². The van der Waals surface area contributed by atoms with Crippen LogP contribution in [0.1, 0.15) is 10.4 Å². The van der Waals surface area contributed by atoms with Crippen molar-refractivity contribution >= 4 is 28.1 Å². The third kappa shape index (κ3) is 2.82. The summed E-state index contributed by atoms with van der Waals surface area (Å²) in [5, 5.41) is 25.1. The molecule has 3 rings (SSSR count). The number of fused-ring (bicyclic) bond motifs is 1. The van der Waals surface area contributed by atoms with Crippen LogP contribution in [0.3, 0.4) is 0 Å². The first kappa shape index (κ1) is 14.5. The summed E-state index contributed by atoms with van der Waals surface area (Å²) < 4.78 is 0.